The Labute approximate surface area is 123 Å². The third-order valence-electron chi connectivity index (χ3n) is 3.95. The van der Waals surface area contributed by atoms with Gasteiger partial charge in [-0.05, 0) is 30.4 Å². The molecule has 0 heterocycles. The molecular weight excluding hydrogens is 248 g/mol. The molecule has 0 aliphatic carbocycles. The van der Waals surface area contributed by atoms with Crippen molar-refractivity contribution >= 4 is 5.97 Å². The van der Waals surface area contributed by atoms with Gasteiger partial charge in [0, 0.05) is 0 Å². The SMILES string of the molecule is CCCCCCCC(CC)c1ccccc1C(=O)OC. The predicted molar refractivity (Wildman–Crippen MR) is 84.2 cm³/mol. The maximum Gasteiger partial charge on any atom is 0.338 e. The molecule has 1 rings (SSSR count). The molecule has 1 atom stereocenters. The Balaban J connectivity index is 2.67. The van der Waals surface area contributed by atoms with Crippen LogP contribution in [-0.2, 0) is 4.74 Å². The predicted octanol–water partition coefficient (Wildman–Crippen LogP) is 5.33. The first-order chi connectivity index (χ1) is 9.74. The van der Waals surface area contributed by atoms with E-state index >= 15 is 0 Å². The van der Waals surface area contributed by atoms with Gasteiger partial charge in [0.2, 0.25) is 0 Å². The third kappa shape index (κ3) is 4.99. The first kappa shape index (κ1) is 16.7. The van der Waals surface area contributed by atoms with Gasteiger partial charge in [-0.25, -0.2) is 4.79 Å². The average molecular weight is 276 g/mol. The van der Waals surface area contributed by atoms with Crippen LogP contribution in [0.4, 0.5) is 0 Å². The Kier molecular flexibility index (Phi) is 8.01. The van der Waals surface area contributed by atoms with E-state index in [1.807, 2.05) is 18.2 Å². The molecule has 1 aromatic rings. The number of rotatable bonds is 9. The van der Waals surface area contributed by atoms with E-state index in [2.05, 4.69) is 19.9 Å². The van der Waals surface area contributed by atoms with Gasteiger partial charge < -0.3 is 4.74 Å². The topological polar surface area (TPSA) is 26.3 Å². The number of benzene rings is 1. The number of hydrogen-bond donors (Lipinski definition) is 0. The Bertz CT molecular complexity index is 398. The molecule has 1 aromatic carbocycles. The van der Waals surface area contributed by atoms with Gasteiger partial charge in [-0.2, -0.15) is 0 Å². The molecule has 0 fully saturated rings. The van der Waals surface area contributed by atoms with Crippen LogP contribution in [0.15, 0.2) is 24.3 Å². The summed E-state index contributed by atoms with van der Waals surface area (Å²) in [6.45, 7) is 4.44. The van der Waals surface area contributed by atoms with Gasteiger partial charge in [-0.3, -0.25) is 0 Å². The number of esters is 1. The molecule has 0 amide bonds. The van der Waals surface area contributed by atoms with Crippen molar-refractivity contribution in [2.24, 2.45) is 0 Å². The molecule has 20 heavy (non-hydrogen) atoms. The van der Waals surface area contributed by atoms with Crippen LogP contribution in [0.1, 0.15) is 80.6 Å². The fourth-order valence-electron chi connectivity index (χ4n) is 2.72. The van der Waals surface area contributed by atoms with Crippen molar-refractivity contribution in [1.82, 2.24) is 0 Å². The van der Waals surface area contributed by atoms with Crippen molar-refractivity contribution in [3.63, 3.8) is 0 Å². The average Bonchev–Trinajstić information content (AvgIpc) is 2.50. The van der Waals surface area contributed by atoms with Gasteiger partial charge in [0.25, 0.3) is 0 Å². The van der Waals surface area contributed by atoms with Crippen molar-refractivity contribution in [3.8, 4) is 0 Å². The normalized spacial score (nSPS) is 12.2. The van der Waals surface area contributed by atoms with Gasteiger partial charge in [0.05, 0.1) is 12.7 Å². The highest BCUT2D eigenvalue weighted by atomic mass is 16.5. The summed E-state index contributed by atoms with van der Waals surface area (Å²) in [4.78, 5) is 11.8. The highest BCUT2D eigenvalue weighted by molar-refractivity contribution is 5.91. The van der Waals surface area contributed by atoms with E-state index in [9.17, 15) is 4.79 Å². The van der Waals surface area contributed by atoms with Crippen LogP contribution in [0.5, 0.6) is 0 Å². The van der Waals surface area contributed by atoms with Crippen LogP contribution in [0.3, 0.4) is 0 Å². The van der Waals surface area contributed by atoms with Crippen LogP contribution in [0, 0.1) is 0 Å². The Hall–Kier alpha value is -1.31. The van der Waals surface area contributed by atoms with Crippen molar-refractivity contribution in [3.05, 3.63) is 35.4 Å². The summed E-state index contributed by atoms with van der Waals surface area (Å²) in [6.07, 6.45) is 8.71. The number of ether oxygens (including phenoxy) is 1. The highest BCUT2D eigenvalue weighted by Gasteiger charge is 2.17. The molecule has 2 heteroatoms. The summed E-state index contributed by atoms with van der Waals surface area (Å²) in [5.41, 5.74) is 1.88. The maximum absolute atomic E-state index is 11.8. The minimum atomic E-state index is -0.218. The van der Waals surface area contributed by atoms with E-state index in [0.29, 0.717) is 5.92 Å². The molecule has 2 nitrogen and oxygen atoms in total. The van der Waals surface area contributed by atoms with Gasteiger partial charge in [-0.15, -0.1) is 0 Å². The lowest BCUT2D eigenvalue weighted by molar-refractivity contribution is 0.0598. The molecule has 0 saturated carbocycles. The quantitative estimate of drug-likeness (QED) is 0.450. The highest BCUT2D eigenvalue weighted by Crippen LogP contribution is 2.29. The third-order valence-corrected chi connectivity index (χ3v) is 3.95. The van der Waals surface area contributed by atoms with E-state index in [4.69, 9.17) is 4.74 Å². The molecule has 112 valence electrons. The summed E-state index contributed by atoms with van der Waals surface area (Å²) < 4.78 is 4.89. The second-order valence-corrected chi connectivity index (χ2v) is 5.39. The largest absolute Gasteiger partial charge is 0.465 e. The zero-order valence-electron chi connectivity index (χ0n) is 13.2. The Morgan fingerprint density at radius 1 is 1.10 bits per heavy atom. The molecule has 0 bridgehead atoms. The molecular formula is C18H28O2. The fourth-order valence-corrected chi connectivity index (χ4v) is 2.72. The smallest absolute Gasteiger partial charge is 0.338 e. The van der Waals surface area contributed by atoms with Crippen LogP contribution in [0.2, 0.25) is 0 Å². The second kappa shape index (κ2) is 9.57. The standard InChI is InChI=1S/C18H28O2/c1-4-6-7-8-9-12-15(5-2)16-13-10-11-14-17(16)18(19)20-3/h10-11,13-15H,4-9,12H2,1-3H3. The fraction of sp³-hybridized carbons (Fsp3) is 0.611. The van der Waals surface area contributed by atoms with Crippen LogP contribution in [-0.4, -0.2) is 13.1 Å². The molecule has 1 unspecified atom stereocenters. The first-order valence-electron chi connectivity index (χ1n) is 7.91. The van der Waals surface area contributed by atoms with Gasteiger partial charge in [-0.1, -0.05) is 64.2 Å². The number of carbonyl (C=O) groups is 1. The lowest BCUT2D eigenvalue weighted by Crippen LogP contribution is -2.09. The van der Waals surface area contributed by atoms with E-state index in [-0.39, 0.29) is 5.97 Å². The van der Waals surface area contributed by atoms with Crippen LogP contribution < -0.4 is 0 Å². The monoisotopic (exact) mass is 276 g/mol. The summed E-state index contributed by atoms with van der Waals surface area (Å²) in [5, 5.41) is 0. The Morgan fingerprint density at radius 3 is 2.45 bits per heavy atom. The minimum absolute atomic E-state index is 0.218. The molecule has 0 spiro atoms. The van der Waals surface area contributed by atoms with Crippen molar-refractivity contribution in [2.45, 2.75) is 64.7 Å². The van der Waals surface area contributed by atoms with Gasteiger partial charge >= 0.3 is 5.97 Å². The van der Waals surface area contributed by atoms with E-state index in [1.165, 1.54) is 39.2 Å². The van der Waals surface area contributed by atoms with Crippen molar-refractivity contribution < 1.29 is 9.53 Å². The summed E-state index contributed by atoms with van der Waals surface area (Å²) in [7, 11) is 1.45. The molecule has 0 aliphatic rings. The number of unbranched alkanes of at least 4 members (excludes halogenated alkanes) is 4. The Morgan fingerprint density at radius 2 is 1.80 bits per heavy atom. The summed E-state index contributed by atoms with van der Waals surface area (Å²) >= 11 is 0. The number of methoxy groups -OCH3 is 1. The zero-order chi connectivity index (χ0) is 14.8. The molecule has 0 N–H and O–H groups in total. The van der Waals surface area contributed by atoms with Gasteiger partial charge in [0.15, 0.2) is 0 Å². The molecule has 0 aliphatic heterocycles. The van der Waals surface area contributed by atoms with Gasteiger partial charge in [0.1, 0.15) is 0 Å². The molecule has 0 radical (unpaired) electrons. The lowest BCUT2D eigenvalue weighted by Gasteiger charge is -2.18. The maximum atomic E-state index is 11.8. The lowest BCUT2D eigenvalue weighted by atomic mass is 9.87. The van der Waals surface area contributed by atoms with Crippen molar-refractivity contribution in [2.75, 3.05) is 7.11 Å². The minimum Gasteiger partial charge on any atom is -0.465 e. The van der Waals surface area contributed by atoms with E-state index in [1.54, 1.807) is 0 Å². The first-order valence-corrected chi connectivity index (χ1v) is 7.91. The second-order valence-electron chi connectivity index (χ2n) is 5.39. The van der Waals surface area contributed by atoms with Crippen LogP contribution in [0.25, 0.3) is 0 Å². The summed E-state index contributed by atoms with van der Waals surface area (Å²) in [5.74, 6) is 0.247. The number of hydrogen-bond acceptors (Lipinski definition) is 2. The van der Waals surface area contributed by atoms with Crippen LogP contribution >= 0.6 is 0 Å². The van der Waals surface area contributed by atoms with E-state index < -0.39 is 0 Å². The zero-order valence-corrected chi connectivity index (χ0v) is 13.2. The number of carbonyl (C=O) groups excluding carboxylic acids is 1. The molecule has 0 saturated heterocycles. The molecule has 0 aromatic heterocycles. The van der Waals surface area contributed by atoms with E-state index in [0.717, 1.165) is 24.0 Å². The summed E-state index contributed by atoms with van der Waals surface area (Å²) in [6, 6.07) is 7.87. The van der Waals surface area contributed by atoms with Crippen molar-refractivity contribution in [1.29, 1.82) is 0 Å².